The quantitative estimate of drug-likeness (QED) is 0.0183. The van der Waals surface area contributed by atoms with Crippen LogP contribution in [0.3, 0.4) is 0 Å². The first-order chi connectivity index (χ1) is 43.6. The Hall–Kier alpha value is -6.28. The SMILES string of the molecule is CC(C)(C)C(c1ccc(Cl)cc1)c1ccc(N(CCO)CCO)cc1.CCCC(c1ccc(N(CCO)CCO)cc1)c1ccc(N(CCO)CCO)cc1.OCCN(CCO)c1ccc(C(c2ccc(Cl)cc2)c2ccc3c(c2)CC(O)CN3CCO)cc1. The molecule has 0 amide bonds. The molecule has 0 aromatic heterocycles. The molecule has 1 heterocycles. The van der Waals surface area contributed by atoms with E-state index in [0.717, 1.165) is 68.6 Å². The van der Waals surface area contributed by atoms with Crippen LogP contribution in [-0.4, -0.2) is 182 Å². The van der Waals surface area contributed by atoms with Crippen LogP contribution in [0.15, 0.2) is 164 Å². The van der Waals surface area contributed by atoms with Crippen LogP contribution >= 0.6 is 23.2 Å². The third-order valence-corrected chi connectivity index (χ3v) is 16.9. The van der Waals surface area contributed by atoms with Gasteiger partial charge in [-0.2, -0.15) is 0 Å². The number of benzene rings is 7. The van der Waals surface area contributed by atoms with Crippen molar-refractivity contribution >= 4 is 51.6 Å². The number of nitrogens with zero attached hydrogens (tertiary/aromatic N) is 5. The van der Waals surface area contributed by atoms with Gasteiger partial charge in [0.2, 0.25) is 0 Å². The molecular weight excluding hydrogens is 1180 g/mol. The third-order valence-electron chi connectivity index (χ3n) is 16.3. The zero-order valence-electron chi connectivity index (χ0n) is 52.9. The van der Waals surface area contributed by atoms with Gasteiger partial charge in [0.1, 0.15) is 0 Å². The Labute approximate surface area is 543 Å². The van der Waals surface area contributed by atoms with E-state index in [0.29, 0.717) is 76.9 Å². The third kappa shape index (κ3) is 21.1. The molecular formula is C73H97Cl2N5O10. The van der Waals surface area contributed by atoms with Gasteiger partial charge in [0.25, 0.3) is 0 Å². The largest absolute Gasteiger partial charge is 0.395 e. The summed E-state index contributed by atoms with van der Waals surface area (Å²) >= 11 is 12.2. The summed E-state index contributed by atoms with van der Waals surface area (Å²) in [5.74, 6) is 0.496. The summed E-state index contributed by atoms with van der Waals surface area (Å²) in [5, 5.41) is 95.6. The number of hydrogen-bond acceptors (Lipinski definition) is 15. The van der Waals surface area contributed by atoms with Crippen molar-refractivity contribution in [2.45, 2.75) is 70.8 Å². The predicted molar refractivity (Wildman–Crippen MR) is 369 cm³/mol. The maximum absolute atomic E-state index is 10.4. The van der Waals surface area contributed by atoms with Crippen LogP contribution in [-0.2, 0) is 6.42 Å². The Morgan fingerprint density at radius 1 is 0.422 bits per heavy atom. The molecule has 17 heteroatoms. The summed E-state index contributed by atoms with van der Waals surface area (Å²) in [4.78, 5) is 9.93. The summed E-state index contributed by atoms with van der Waals surface area (Å²) in [7, 11) is 0. The van der Waals surface area contributed by atoms with Crippen molar-refractivity contribution in [2.24, 2.45) is 5.41 Å². The Morgan fingerprint density at radius 3 is 1.06 bits per heavy atom. The van der Waals surface area contributed by atoms with Crippen molar-refractivity contribution in [1.29, 1.82) is 0 Å². The topological polar surface area (TPSA) is 218 Å². The van der Waals surface area contributed by atoms with Gasteiger partial charge in [-0.25, -0.2) is 0 Å². The van der Waals surface area contributed by atoms with E-state index < -0.39 is 6.10 Å². The summed E-state index contributed by atoms with van der Waals surface area (Å²) in [6.45, 7) is 14.3. The smallest absolute Gasteiger partial charge is 0.0756 e. The van der Waals surface area contributed by atoms with Crippen LogP contribution in [0.25, 0.3) is 0 Å². The molecule has 0 fully saturated rings. The van der Waals surface area contributed by atoms with Crippen molar-refractivity contribution in [3.8, 4) is 0 Å². The lowest BCUT2D eigenvalue weighted by Gasteiger charge is -2.34. The van der Waals surface area contributed by atoms with E-state index in [1.165, 1.54) is 22.3 Å². The lowest BCUT2D eigenvalue weighted by Crippen LogP contribution is -2.40. The van der Waals surface area contributed by atoms with E-state index in [1.807, 2.05) is 73.0 Å². The lowest BCUT2D eigenvalue weighted by molar-refractivity contribution is 0.172. The van der Waals surface area contributed by atoms with Gasteiger partial charge in [0.15, 0.2) is 0 Å². The summed E-state index contributed by atoms with van der Waals surface area (Å²) in [6.07, 6.45) is 2.21. The molecule has 0 spiro atoms. The highest BCUT2D eigenvalue weighted by atomic mass is 35.5. The fourth-order valence-corrected chi connectivity index (χ4v) is 12.4. The Kier molecular flexibility index (Phi) is 30.7. The number of aliphatic hydroxyl groups is 10. The first-order valence-electron chi connectivity index (χ1n) is 31.5. The molecule has 488 valence electrons. The maximum Gasteiger partial charge on any atom is 0.0756 e. The lowest BCUT2D eigenvalue weighted by atomic mass is 9.72. The normalized spacial score (nSPS) is 13.6. The minimum absolute atomic E-state index is 0.0173. The Balaban J connectivity index is 0.000000218. The van der Waals surface area contributed by atoms with Gasteiger partial charge < -0.3 is 75.6 Å². The number of β-amino-alcohol motifs (C(OH)–C–C–N with tert-alkyl or cyclic N) is 2. The number of anilines is 5. The van der Waals surface area contributed by atoms with Crippen LogP contribution in [0.2, 0.25) is 10.0 Å². The van der Waals surface area contributed by atoms with Gasteiger partial charge in [-0.3, -0.25) is 0 Å². The molecule has 90 heavy (non-hydrogen) atoms. The fraction of sp³-hybridized carbons (Fsp3) is 0.425. The minimum Gasteiger partial charge on any atom is -0.395 e. The second kappa shape index (κ2) is 37.9. The number of hydrogen-bond donors (Lipinski definition) is 10. The van der Waals surface area contributed by atoms with E-state index in [4.69, 9.17) is 23.2 Å². The zero-order chi connectivity index (χ0) is 65.0. The van der Waals surface area contributed by atoms with Crippen molar-refractivity contribution in [1.82, 2.24) is 0 Å². The molecule has 0 aliphatic carbocycles. The second-order valence-electron chi connectivity index (χ2n) is 23.7. The van der Waals surface area contributed by atoms with Crippen molar-refractivity contribution in [3.63, 3.8) is 0 Å². The van der Waals surface area contributed by atoms with E-state index in [9.17, 15) is 51.1 Å². The standard InChI is InChI=1S/C28H33ClN2O4.C24H36N2O4.C21H28ClNO2/c29-24-6-1-20(2-7-24)28(21-3-8-25(9-4-21)30(11-14-32)12-15-33)22-5-10-27-23(17-22)18-26(35)19-31(27)13-16-34;1-2-3-24(20-4-8-22(9-5-20)25(12-16-27)13-17-28)21-6-10-23(11-7-21)26(14-18-29)15-19-30;1-21(2,3)20(16-4-8-18(22)9-5-16)17-6-10-19(11-7-17)23(12-14-24)13-15-25/h1-10,17,26,28,32-35H,11-16,18-19H2;4-11,24,27-30H,2-3,12-19H2,1H3;4-11,20,24-25H,12-15H2,1-3H3. The second-order valence-corrected chi connectivity index (χ2v) is 24.6. The van der Waals surface area contributed by atoms with E-state index in [-0.39, 0.29) is 82.6 Å². The van der Waals surface area contributed by atoms with Gasteiger partial charge in [-0.05, 0) is 135 Å². The van der Waals surface area contributed by atoms with Crippen LogP contribution in [0, 0.1) is 5.41 Å². The molecule has 3 atom stereocenters. The van der Waals surface area contributed by atoms with Gasteiger partial charge in [0.05, 0.1) is 65.6 Å². The monoisotopic (exact) mass is 1270 g/mol. The molecule has 0 radical (unpaired) electrons. The molecule has 1 aliphatic rings. The van der Waals surface area contributed by atoms with Crippen LogP contribution in [0.1, 0.15) is 103 Å². The zero-order valence-corrected chi connectivity index (χ0v) is 54.4. The van der Waals surface area contributed by atoms with Gasteiger partial charge in [-0.1, -0.05) is 142 Å². The maximum atomic E-state index is 10.4. The van der Waals surface area contributed by atoms with Crippen LogP contribution in [0.5, 0.6) is 0 Å². The Bertz CT molecular complexity index is 3020. The van der Waals surface area contributed by atoms with Gasteiger partial charge >= 0.3 is 0 Å². The van der Waals surface area contributed by atoms with E-state index in [2.05, 4.69) is 143 Å². The average molecular weight is 1280 g/mol. The molecule has 7 aromatic rings. The summed E-state index contributed by atoms with van der Waals surface area (Å²) in [6, 6.07) is 55.7. The first kappa shape index (κ1) is 72.8. The fourth-order valence-electron chi connectivity index (χ4n) is 12.2. The number of halogens is 2. The molecule has 10 N–H and O–H groups in total. The molecule has 0 bridgehead atoms. The highest BCUT2D eigenvalue weighted by Gasteiger charge is 2.29. The molecule has 8 rings (SSSR count). The van der Waals surface area contributed by atoms with Crippen molar-refractivity contribution in [2.75, 3.05) is 149 Å². The van der Waals surface area contributed by atoms with Crippen LogP contribution in [0.4, 0.5) is 28.4 Å². The number of aliphatic hydroxyl groups excluding tert-OH is 10. The first-order valence-corrected chi connectivity index (χ1v) is 32.3. The van der Waals surface area contributed by atoms with Crippen LogP contribution < -0.4 is 24.5 Å². The molecule has 7 aromatic carbocycles. The van der Waals surface area contributed by atoms with Crippen molar-refractivity contribution in [3.05, 3.63) is 218 Å². The molecule has 15 nitrogen and oxygen atoms in total. The predicted octanol–water partition coefficient (Wildman–Crippen LogP) is 9.54. The summed E-state index contributed by atoms with van der Waals surface area (Å²) in [5.41, 5.74) is 14.4. The van der Waals surface area contributed by atoms with Gasteiger partial charge in [0, 0.05) is 128 Å². The summed E-state index contributed by atoms with van der Waals surface area (Å²) < 4.78 is 0. The van der Waals surface area contributed by atoms with Crippen molar-refractivity contribution < 1.29 is 51.1 Å². The minimum atomic E-state index is -0.471. The average Bonchev–Trinajstić information content (AvgIpc) is 1.22. The highest BCUT2D eigenvalue weighted by Crippen LogP contribution is 2.42. The van der Waals surface area contributed by atoms with Gasteiger partial charge in [-0.15, -0.1) is 0 Å². The Morgan fingerprint density at radius 2 is 0.733 bits per heavy atom. The molecule has 3 unspecified atom stereocenters. The number of fused-ring (bicyclic) bond motifs is 1. The van der Waals surface area contributed by atoms with E-state index >= 15 is 0 Å². The molecule has 0 saturated heterocycles. The number of rotatable bonds is 31. The molecule has 0 saturated carbocycles. The van der Waals surface area contributed by atoms with E-state index in [1.54, 1.807) is 0 Å². The highest BCUT2D eigenvalue weighted by molar-refractivity contribution is 6.30. The molecule has 1 aliphatic heterocycles.